The first kappa shape index (κ1) is 8.91. The summed E-state index contributed by atoms with van der Waals surface area (Å²) >= 11 is 6.00. The average Bonchev–Trinajstić information content (AvgIpc) is 1.87. The summed E-state index contributed by atoms with van der Waals surface area (Å²) in [5, 5.41) is 2.47. The van der Waals surface area contributed by atoms with Crippen LogP contribution in [0.1, 0.15) is 1.43 Å². The third kappa shape index (κ3) is 2.46. The minimum absolute atomic E-state index is 0. The van der Waals surface area contributed by atoms with Gasteiger partial charge in [-0.2, -0.15) is 0 Å². The SMILES string of the molecule is O=C1CSC(=S)N1.[H-].[Na+]. The summed E-state index contributed by atoms with van der Waals surface area (Å²) in [6, 6.07) is 0. The number of carbonyl (C=O) groups is 1. The molecule has 0 radical (unpaired) electrons. The van der Waals surface area contributed by atoms with E-state index in [0.717, 1.165) is 0 Å². The van der Waals surface area contributed by atoms with Crippen LogP contribution in [0.5, 0.6) is 0 Å². The zero-order valence-electron chi connectivity index (χ0n) is 5.43. The number of amides is 1. The fourth-order valence-electron chi connectivity index (χ4n) is 0.317. The van der Waals surface area contributed by atoms with Gasteiger partial charge in [-0.05, 0) is 0 Å². The molecule has 1 saturated heterocycles. The Kier molecular flexibility index (Phi) is 4.28. The number of thioether (sulfide) groups is 1. The Morgan fingerprint density at radius 1 is 1.88 bits per heavy atom. The third-order valence-corrected chi connectivity index (χ3v) is 1.80. The molecule has 0 spiro atoms. The first-order valence-electron chi connectivity index (χ1n) is 1.75. The normalized spacial score (nSPS) is 17.5. The number of hydrogen-bond acceptors (Lipinski definition) is 3. The maximum Gasteiger partial charge on any atom is 1.00 e. The molecule has 0 atom stereocenters. The molecule has 0 bridgehead atoms. The second kappa shape index (κ2) is 3.85. The quantitative estimate of drug-likeness (QED) is 0.305. The van der Waals surface area contributed by atoms with Crippen molar-refractivity contribution in [3.63, 3.8) is 0 Å². The molecular formula is C3H4NNaOS2. The predicted molar refractivity (Wildman–Crippen MR) is 34.3 cm³/mol. The van der Waals surface area contributed by atoms with E-state index < -0.39 is 0 Å². The fraction of sp³-hybridized carbons (Fsp3) is 0.333. The van der Waals surface area contributed by atoms with Gasteiger partial charge in [0.15, 0.2) is 0 Å². The predicted octanol–water partition coefficient (Wildman–Crippen LogP) is -2.75. The topological polar surface area (TPSA) is 29.1 Å². The standard InChI is InChI=1S/C3H3NOS2.Na.H/c5-2-1-7-3(6)4-2;;/h1H2,(H,4,5,6);;/q;+1;-1. The van der Waals surface area contributed by atoms with Gasteiger partial charge in [0, 0.05) is 0 Å². The van der Waals surface area contributed by atoms with Crippen molar-refractivity contribution in [1.29, 1.82) is 0 Å². The number of rotatable bonds is 0. The van der Waals surface area contributed by atoms with Crippen LogP contribution in [-0.2, 0) is 4.79 Å². The molecule has 1 aliphatic heterocycles. The van der Waals surface area contributed by atoms with E-state index in [-0.39, 0.29) is 36.9 Å². The van der Waals surface area contributed by atoms with Crippen LogP contribution in [0.15, 0.2) is 0 Å². The second-order valence-electron chi connectivity index (χ2n) is 1.12. The molecule has 1 heterocycles. The smallest absolute Gasteiger partial charge is 1.00 e. The van der Waals surface area contributed by atoms with E-state index in [2.05, 4.69) is 17.5 Å². The summed E-state index contributed by atoms with van der Waals surface area (Å²) in [6.45, 7) is 0. The van der Waals surface area contributed by atoms with Gasteiger partial charge in [-0.3, -0.25) is 4.79 Å². The number of carbonyl (C=O) groups excluding carboxylic acids is 1. The molecule has 2 nitrogen and oxygen atoms in total. The molecule has 0 saturated carbocycles. The van der Waals surface area contributed by atoms with Crippen molar-refractivity contribution in [2.75, 3.05) is 5.75 Å². The molecule has 5 heteroatoms. The molecule has 0 aliphatic carbocycles. The Morgan fingerprint density at radius 3 is 2.62 bits per heavy atom. The number of nitrogens with one attached hydrogen (secondary N) is 1. The molecule has 1 N–H and O–H groups in total. The number of thiocarbonyl (C=S) groups is 1. The largest absolute Gasteiger partial charge is 1.00 e. The van der Waals surface area contributed by atoms with Crippen LogP contribution < -0.4 is 34.9 Å². The summed E-state index contributed by atoms with van der Waals surface area (Å²) < 4.78 is 0.602. The minimum atomic E-state index is 0. The van der Waals surface area contributed by atoms with Crippen LogP contribution in [0.3, 0.4) is 0 Å². The van der Waals surface area contributed by atoms with Crippen molar-refractivity contribution < 1.29 is 35.8 Å². The summed E-state index contributed by atoms with van der Waals surface area (Å²) in [7, 11) is 0. The molecule has 0 aromatic carbocycles. The van der Waals surface area contributed by atoms with E-state index in [0.29, 0.717) is 10.1 Å². The Bertz CT molecular complexity index is 117. The van der Waals surface area contributed by atoms with Gasteiger partial charge in [0.05, 0.1) is 5.75 Å². The number of hydrogen-bond donors (Lipinski definition) is 1. The Hall–Kier alpha value is 0.910. The molecule has 1 rings (SSSR count). The van der Waals surface area contributed by atoms with Crippen LogP contribution >= 0.6 is 24.0 Å². The van der Waals surface area contributed by atoms with Crippen molar-refractivity contribution in [3.8, 4) is 0 Å². The van der Waals surface area contributed by atoms with Gasteiger partial charge in [0.2, 0.25) is 5.91 Å². The molecule has 1 amide bonds. The zero-order valence-corrected chi connectivity index (χ0v) is 8.06. The fourth-order valence-corrected chi connectivity index (χ4v) is 1.13. The van der Waals surface area contributed by atoms with Crippen LogP contribution in [0.2, 0.25) is 0 Å². The van der Waals surface area contributed by atoms with Crippen LogP contribution in [0, 0.1) is 0 Å². The molecule has 40 valence electrons. The van der Waals surface area contributed by atoms with Crippen molar-refractivity contribution in [3.05, 3.63) is 0 Å². The van der Waals surface area contributed by atoms with Crippen molar-refractivity contribution in [2.45, 2.75) is 0 Å². The van der Waals surface area contributed by atoms with E-state index in [9.17, 15) is 4.79 Å². The molecule has 0 aromatic rings. The molecule has 8 heavy (non-hydrogen) atoms. The molecule has 0 aromatic heterocycles. The average molecular weight is 157 g/mol. The van der Waals surface area contributed by atoms with E-state index in [1.54, 1.807) is 0 Å². The van der Waals surface area contributed by atoms with Crippen LogP contribution in [0.25, 0.3) is 0 Å². The summed E-state index contributed by atoms with van der Waals surface area (Å²) in [6.07, 6.45) is 0. The minimum Gasteiger partial charge on any atom is -1.00 e. The molecule has 1 aliphatic rings. The first-order valence-corrected chi connectivity index (χ1v) is 3.15. The summed E-state index contributed by atoms with van der Waals surface area (Å²) in [4.78, 5) is 10.2. The van der Waals surface area contributed by atoms with Crippen LogP contribution in [0.4, 0.5) is 0 Å². The summed E-state index contributed by atoms with van der Waals surface area (Å²) in [5.74, 6) is 0.522. The van der Waals surface area contributed by atoms with Crippen molar-refractivity contribution in [1.82, 2.24) is 5.32 Å². The van der Waals surface area contributed by atoms with Crippen LogP contribution in [-0.4, -0.2) is 16.0 Å². The first-order chi connectivity index (χ1) is 3.29. The molecule has 0 unspecified atom stereocenters. The second-order valence-corrected chi connectivity index (χ2v) is 2.78. The van der Waals surface area contributed by atoms with E-state index in [1.165, 1.54) is 11.8 Å². The Morgan fingerprint density at radius 2 is 2.50 bits per heavy atom. The maximum absolute atomic E-state index is 10.2. The molecule has 1 fully saturated rings. The monoisotopic (exact) mass is 157 g/mol. The summed E-state index contributed by atoms with van der Waals surface area (Å²) in [5.41, 5.74) is 0. The van der Waals surface area contributed by atoms with E-state index >= 15 is 0 Å². The van der Waals surface area contributed by atoms with Gasteiger partial charge in [-0.1, -0.05) is 24.0 Å². The molecular weight excluding hydrogens is 153 g/mol. The van der Waals surface area contributed by atoms with Crippen molar-refractivity contribution >= 4 is 34.2 Å². The van der Waals surface area contributed by atoms with Gasteiger partial charge in [-0.15, -0.1) is 0 Å². The van der Waals surface area contributed by atoms with E-state index in [1.807, 2.05) is 0 Å². The van der Waals surface area contributed by atoms with Gasteiger partial charge in [0.25, 0.3) is 0 Å². The Labute approximate surface area is 80.6 Å². The van der Waals surface area contributed by atoms with Gasteiger partial charge >= 0.3 is 29.6 Å². The Balaban J connectivity index is 0. The van der Waals surface area contributed by atoms with E-state index in [4.69, 9.17) is 0 Å². The zero-order chi connectivity index (χ0) is 5.28. The van der Waals surface area contributed by atoms with Gasteiger partial charge < -0.3 is 6.74 Å². The van der Waals surface area contributed by atoms with Gasteiger partial charge in [-0.25, -0.2) is 0 Å². The maximum atomic E-state index is 10.2. The third-order valence-electron chi connectivity index (χ3n) is 0.576. The van der Waals surface area contributed by atoms with Gasteiger partial charge in [0.1, 0.15) is 4.32 Å². The van der Waals surface area contributed by atoms with Crippen molar-refractivity contribution in [2.24, 2.45) is 0 Å².